The minimum atomic E-state index is 0.110. The lowest BCUT2D eigenvalue weighted by molar-refractivity contribution is 0.164. The number of phenols is 2. The number of hydrogen-bond acceptors (Lipinski definition) is 4. The Bertz CT molecular complexity index is 389. The Labute approximate surface area is 108 Å². The Morgan fingerprint density at radius 1 is 1.39 bits per heavy atom. The van der Waals surface area contributed by atoms with Crippen molar-refractivity contribution in [1.29, 1.82) is 0 Å². The second kappa shape index (κ2) is 6.07. The highest BCUT2D eigenvalue weighted by molar-refractivity contribution is 5.38. The number of hydrogen-bond donors (Lipinski definition) is 3. The second-order valence-corrected chi connectivity index (χ2v) is 4.88. The van der Waals surface area contributed by atoms with Crippen molar-refractivity contribution < 1.29 is 10.2 Å². The van der Waals surface area contributed by atoms with Crippen LogP contribution in [0.1, 0.15) is 25.3 Å². The number of likely N-dealkylation sites (N-methyl/N-ethyl adjacent to an activating group) is 1. The van der Waals surface area contributed by atoms with E-state index in [9.17, 15) is 10.2 Å². The van der Waals surface area contributed by atoms with Crippen LogP contribution in [0.4, 0.5) is 0 Å². The molecule has 1 fully saturated rings. The summed E-state index contributed by atoms with van der Waals surface area (Å²) < 4.78 is 0. The molecule has 100 valence electrons. The van der Waals surface area contributed by atoms with Gasteiger partial charge in [0.15, 0.2) is 0 Å². The Kier molecular flexibility index (Phi) is 4.44. The molecule has 0 saturated carbocycles. The molecule has 1 aliphatic rings. The molecule has 1 saturated heterocycles. The predicted octanol–water partition coefficient (Wildman–Crippen LogP) is 1.67. The number of rotatable bonds is 4. The third-order valence-corrected chi connectivity index (χ3v) is 3.64. The van der Waals surface area contributed by atoms with Crippen molar-refractivity contribution in [2.45, 2.75) is 32.4 Å². The van der Waals surface area contributed by atoms with E-state index >= 15 is 0 Å². The van der Waals surface area contributed by atoms with E-state index in [1.165, 1.54) is 18.9 Å². The summed E-state index contributed by atoms with van der Waals surface area (Å²) >= 11 is 0. The topological polar surface area (TPSA) is 55.7 Å². The first kappa shape index (κ1) is 13.2. The molecule has 1 aliphatic heterocycles. The third-order valence-electron chi connectivity index (χ3n) is 3.64. The van der Waals surface area contributed by atoms with E-state index in [0.717, 1.165) is 31.7 Å². The smallest absolute Gasteiger partial charge is 0.123 e. The molecule has 1 aromatic carbocycles. The summed E-state index contributed by atoms with van der Waals surface area (Å²) in [7, 11) is 0. The van der Waals surface area contributed by atoms with Gasteiger partial charge in [-0.1, -0.05) is 13.0 Å². The fourth-order valence-corrected chi connectivity index (χ4v) is 2.55. The molecule has 0 aromatic heterocycles. The monoisotopic (exact) mass is 250 g/mol. The standard InChI is InChI=1S/C14H22N2O2/c1-2-16(12-4-3-7-15-9-12)10-11-5-6-13(17)8-14(11)18/h5-6,8,12,15,17-18H,2-4,7,9-10H2,1H3. The minimum Gasteiger partial charge on any atom is -0.508 e. The van der Waals surface area contributed by atoms with E-state index in [4.69, 9.17) is 0 Å². The third kappa shape index (κ3) is 3.15. The van der Waals surface area contributed by atoms with Gasteiger partial charge in [0.25, 0.3) is 0 Å². The lowest BCUT2D eigenvalue weighted by atomic mass is 10.0. The molecule has 2 rings (SSSR count). The van der Waals surface area contributed by atoms with Gasteiger partial charge in [0.2, 0.25) is 0 Å². The summed E-state index contributed by atoms with van der Waals surface area (Å²) in [6, 6.07) is 5.37. The van der Waals surface area contributed by atoms with Crippen LogP contribution in [0.3, 0.4) is 0 Å². The Morgan fingerprint density at radius 3 is 2.83 bits per heavy atom. The summed E-state index contributed by atoms with van der Waals surface area (Å²) in [5, 5.41) is 22.5. The van der Waals surface area contributed by atoms with Gasteiger partial charge in [-0.05, 0) is 32.0 Å². The van der Waals surface area contributed by atoms with Gasteiger partial charge >= 0.3 is 0 Å². The summed E-state index contributed by atoms with van der Waals surface area (Å²) in [5.41, 5.74) is 0.875. The molecule has 4 heteroatoms. The van der Waals surface area contributed by atoms with E-state index < -0.39 is 0 Å². The van der Waals surface area contributed by atoms with Gasteiger partial charge in [-0.25, -0.2) is 0 Å². The molecular weight excluding hydrogens is 228 g/mol. The lowest BCUT2D eigenvalue weighted by Gasteiger charge is -2.34. The number of phenolic OH excluding ortho intramolecular Hbond substituents is 2. The molecule has 0 radical (unpaired) electrons. The zero-order valence-corrected chi connectivity index (χ0v) is 10.9. The van der Waals surface area contributed by atoms with Crippen LogP contribution in [-0.4, -0.2) is 40.8 Å². The average molecular weight is 250 g/mol. The van der Waals surface area contributed by atoms with Crippen molar-refractivity contribution in [1.82, 2.24) is 10.2 Å². The van der Waals surface area contributed by atoms with Gasteiger partial charge in [-0.15, -0.1) is 0 Å². The summed E-state index contributed by atoms with van der Waals surface area (Å²) in [5.74, 6) is 0.288. The van der Waals surface area contributed by atoms with Crippen LogP contribution in [0.2, 0.25) is 0 Å². The second-order valence-electron chi connectivity index (χ2n) is 4.88. The van der Waals surface area contributed by atoms with Crippen molar-refractivity contribution in [2.75, 3.05) is 19.6 Å². The molecule has 0 aliphatic carbocycles. The molecule has 1 unspecified atom stereocenters. The number of piperidine rings is 1. The van der Waals surface area contributed by atoms with Crippen molar-refractivity contribution in [3.8, 4) is 11.5 Å². The number of aromatic hydroxyl groups is 2. The zero-order valence-electron chi connectivity index (χ0n) is 10.9. The Morgan fingerprint density at radius 2 is 2.22 bits per heavy atom. The van der Waals surface area contributed by atoms with Gasteiger partial charge in [0, 0.05) is 30.8 Å². The predicted molar refractivity (Wildman–Crippen MR) is 71.7 cm³/mol. The Balaban J connectivity index is 2.04. The molecular formula is C14H22N2O2. The van der Waals surface area contributed by atoms with Gasteiger partial charge in [0.1, 0.15) is 11.5 Å². The normalized spacial score (nSPS) is 20.2. The first-order chi connectivity index (χ1) is 8.70. The number of benzene rings is 1. The fourth-order valence-electron chi connectivity index (χ4n) is 2.55. The van der Waals surface area contributed by atoms with Crippen LogP contribution in [0.5, 0.6) is 11.5 Å². The van der Waals surface area contributed by atoms with Crippen LogP contribution in [0, 0.1) is 0 Å². The molecule has 1 atom stereocenters. The number of nitrogens with one attached hydrogen (secondary N) is 1. The van der Waals surface area contributed by atoms with E-state index in [2.05, 4.69) is 17.1 Å². The first-order valence-corrected chi connectivity index (χ1v) is 6.66. The Hall–Kier alpha value is -1.26. The summed E-state index contributed by atoms with van der Waals surface area (Å²) in [4.78, 5) is 2.37. The van der Waals surface area contributed by atoms with Crippen LogP contribution in [0.15, 0.2) is 18.2 Å². The molecule has 3 N–H and O–H groups in total. The lowest BCUT2D eigenvalue weighted by Crippen LogP contribution is -2.45. The SMILES string of the molecule is CCN(Cc1ccc(O)cc1O)C1CCCNC1. The highest BCUT2D eigenvalue weighted by Crippen LogP contribution is 2.25. The summed E-state index contributed by atoms with van der Waals surface area (Å²) in [6.45, 7) is 5.97. The van der Waals surface area contributed by atoms with Crippen molar-refractivity contribution >= 4 is 0 Å². The minimum absolute atomic E-state index is 0.110. The van der Waals surface area contributed by atoms with Crippen molar-refractivity contribution in [2.24, 2.45) is 0 Å². The van der Waals surface area contributed by atoms with Crippen molar-refractivity contribution in [3.05, 3.63) is 23.8 Å². The maximum Gasteiger partial charge on any atom is 0.123 e. The maximum absolute atomic E-state index is 9.83. The van der Waals surface area contributed by atoms with Gasteiger partial charge in [-0.2, -0.15) is 0 Å². The molecule has 1 aromatic rings. The molecule has 18 heavy (non-hydrogen) atoms. The van der Waals surface area contributed by atoms with Gasteiger partial charge < -0.3 is 15.5 Å². The van der Waals surface area contributed by atoms with Crippen LogP contribution >= 0.6 is 0 Å². The highest BCUT2D eigenvalue weighted by atomic mass is 16.3. The maximum atomic E-state index is 9.83. The molecule has 0 amide bonds. The zero-order chi connectivity index (χ0) is 13.0. The van der Waals surface area contributed by atoms with E-state index in [1.54, 1.807) is 12.1 Å². The summed E-state index contributed by atoms with van der Waals surface area (Å²) in [6.07, 6.45) is 2.42. The highest BCUT2D eigenvalue weighted by Gasteiger charge is 2.20. The van der Waals surface area contributed by atoms with E-state index in [0.29, 0.717) is 6.04 Å². The quantitative estimate of drug-likeness (QED) is 0.761. The van der Waals surface area contributed by atoms with E-state index in [-0.39, 0.29) is 11.5 Å². The van der Waals surface area contributed by atoms with Crippen molar-refractivity contribution in [3.63, 3.8) is 0 Å². The van der Waals surface area contributed by atoms with E-state index in [1.807, 2.05) is 0 Å². The number of nitrogens with zero attached hydrogens (tertiary/aromatic N) is 1. The van der Waals surface area contributed by atoms with Crippen LogP contribution in [-0.2, 0) is 6.54 Å². The van der Waals surface area contributed by atoms with Gasteiger partial charge in [-0.3, -0.25) is 4.90 Å². The van der Waals surface area contributed by atoms with Gasteiger partial charge in [0.05, 0.1) is 0 Å². The largest absolute Gasteiger partial charge is 0.508 e. The average Bonchev–Trinajstić information content (AvgIpc) is 2.39. The fraction of sp³-hybridized carbons (Fsp3) is 0.571. The molecule has 0 bridgehead atoms. The van der Waals surface area contributed by atoms with Crippen LogP contribution in [0.25, 0.3) is 0 Å². The molecule has 4 nitrogen and oxygen atoms in total. The molecule has 1 heterocycles. The van der Waals surface area contributed by atoms with Crippen LogP contribution < -0.4 is 5.32 Å². The first-order valence-electron chi connectivity index (χ1n) is 6.66. The molecule has 0 spiro atoms.